The van der Waals surface area contributed by atoms with E-state index in [9.17, 15) is 5.11 Å². The summed E-state index contributed by atoms with van der Waals surface area (Å²) in [7, 11) is 0. The van der Waals surface area contributed by atoms with Crippen LogP contribution in [0.4, 0.5) is 0 Å². The van der Waals surface area contributed by atoms with Crippen LogP contribution in [0.15, 0.2) is 0 Å². The van der Waals surface area contributed by atoms with Crippen LogP contribution >= 0.6 is 0 Å². The van der Waals surface area contributed by atoms with Crippen molar-refractivity contribution >= 4 is 0 Å². The summed E-state index contributed by atoms with van der Waals surface area (Å²) in [4.78, 5) is 0. The second-order valence-electron chi connectivity index (χ2n) is 3.53. The molecule has 0 aromatic rings. The van der Waals surface area contributed by atoms with Gasteiger partial charge in [0.2, 0.25) is 0 Å². The van der Waals surface area contributed by atoms with Crippen LogP contribution in [0.2, 0.25) is 0 Å². The van der Waals surface area contributed by atoms with Gasteiger partial charge in [-0.3, -0.25) is 0 Å². The topological polar surface area (TPSA) is 20.2 Å². The van der Waals surface area contributed by atoms with Crippen molar-refractivity contribution in [2.24, 2.45) is 17.8 Å². The molecule has 0 spiro atoms. The van der Waals surface area contributed by atoms with E-state index in [1.807, 2.05) is 0 Å². The Morgan fingerprint density at radius 2 is 2.22 bits per heavy atom. The predicted octanol–water partition coefficient (Wildman–Crippen LogP) is 1.41. The highest BCUT2D eigenvalue weighted by molar-refractivity contribution is 5.00. The van der Waals surface area contributed by atoms with Gasteiger partial charge in [-0.05, 0) is 30.6 Å². The molecule has 0 radical (unpaired) electrons. The van der Waals surface area contributed by atoms with Crippen LogP contribution in [-0.2, 0) is 0 Å². The van der Waals surface area contributed by atoms with E-state index in [-0.39, 0.29) is 6.10 Å². The van der Waals surface area contributed by atoms with Gasteiger partial charge in [-0.2, -0.15) is 0 Å². The Balaban J connectivity index is 2.04. The lowest BCUT2D eigenvalue weighted by Gasteiger charge is -2.35. The predicted molar refractivity (Wildman–Crippen MR) is 36.0 cm³/mol. The van der Waals surface area contributed by atoms with Crippen LogP contribution in [0.1, 0.15) is 26.2 Å². The van der Waals surface area contributed by atoms with Crippen molar-refractivity contribution < 1.29 is 5.11 Å². The van der Waals surface area contributed by atoms with Crippen molar-refractivity contribution in [1.29, 1.82) is 0 Å². The third-order valence-corrected chi connectivity index (χ3v) is 3.24. The third kappa shape index (κ3) is 0.586. The minimum Gasteiger partial charge on any atom is -0.393 e. The Morgan fingerprint density at radius 1 is 1.44 bits per heavy atom. The first-order valence-corrected chi connectivity index (χ1v) is 4.01. The number of hydrogen-bond acceptors (Lipinski definition) is 1. The van der Waals surface area contributed by atoms with E-state index in [4.69, 9.17) is 0 Å². The zero-order valence-electron chi connectivity index (χ0n) is 5.88. The van der Waals surface area contributed by atoms with Crippen LogP contribution in [0, 0.1) is 17.8 Å². The van der Waals surface area contributed by atoms with Crippen LogP contribution in [0.25, 0.3) is 0 Å². The van der Waals surface area contributed by atoms with E-state index in [0.717, 1.165) is 18.3 Å². The molecule has 1 heteroatoms. The molecule has 3 saturated carbocycles. The van der Waals surface area contributed by atoms with E-state index in [0.29, 0.717) is 5.92 Å². The highest BCUT2D eigenvalue weighted by Gasteiger charge is 2.50. The van der Waals surface area contributed by atoms with Gasteiger partial charge in [-0.25, -0.2) is 0 Å². The zero-order chi connectivity index (χ0) is 6.43. The molecule has 1 N–H and O–H groups in total. The van der Waals surface area contributed by atoms with Gasteiger partial charge >= 0.3 is 0 Å². The van der Waals surface area contributed by atoms with Crippen molar-refractivity contribution in [3.63, 3.8) is 0 Å². The van der Waals surface area contributed by atoms with E-state index >= 15 is 0 Å². The molecule has 3 fully saturated rings. The van der Waals surface area contributed by atoms with E-state index in [2.05, 4.69) is 6.92 Å². The largest absolute Gasteiger partial charge is 0.393 e. The Bertz CT molecular complexity index is 122. The molecule has 0 unspecified atom stereocenters. The van der Waals surface area contributed by atoms with Gasteiger partial charge in [0.15, 0.2) is 0 Å². The van der Waals surface area contributed by atoms with E-state index in [1.165, 1.54) is 12.8 Å². The second-order valence-corrected chi connectivity index (χ2v) is 3.53. The first-order valence-electron chi connectivity index (χ1n) is 4.01. The minimum atomic E-state index is 0.0694. The normalized spacial score (nSPS) is 55.3. The van der Waals surface area contributed by atoms with Crippen molar-refractivity contribution in [2.45, 2.75) is 32.3 Å². The number of aliphatic hydroxyl groups excluding tert-OH is 1. The SMILES string of the molecule is CC[C@@H]1[C@@H]2C[C@H]1[C@H](O)C2. The molecule has 0 saturated heterocycles. The van der Waals surface area contributed by atoms with Crippen molar-refractivity contribution in [1.82, 2.24) is 0 Å². The summed E-state index contributed by atoms with van der Waals surface area (Å²) >= 11 is 0. The quantitative estimate of drug-likeness (QED) is 0.563. The fourth-order valence-corrected chi connectivity index (χ4v) is 2.69. The number of rotatable bonds is 1. The van der Waals surface area contributed by atoms with Crippen LogP contribution in [0.5, 0.6) is 0 Å². The van der Waals surface area contributed by atoms with Gasteiger partial charge in [0.1, 0.15) is 0 Å². The molecule has 9 heavy (non-hydrogen) atoms. The zero-order valence-corrected chi connectivity index (χ0v) is 5.88. The molecule has 3 aliphatic carbocycles. The number of aliphatic hydroxyl groups is 1. The lowest BCUT2D eigenvalue weighted by Crippen LogP contribution is -2.30. The van der Waals surface area contributed by atoms with Gasteiger partial charge in [-0.1, -0.05) is 13.3 Å². The highest BCUT2D eigenvalue weighted by Crippen LogP contribution is 2.54. The first-order chi connectivity index (χ1) is 4.33. The van der Waals surface area contributed by atoms with Gasteiger partial charge in [0, 0.05) is 0 Å². The molecule has 0 aromatic carbocycles. The van der Waals surface area contributed by atoms with Gasteiger partial charge in [0.25, 0.3) is 0 Å². The van der Waals surface area contributed by atoms with E-state index < -0.39 is 0 Å². The first kappa shape index (κ1) is 5.72. The maximum Gasteiger partial charge on any atom is 0.0574 e. The summed E-state index contributed by atoms with van der Waals surface area (Å²) in [5, 5.41) is 9.34. The maximum atomic E-state index is 9.34. The Labute approximate surface area is 56.1 Å². The van der Waals surface area contributed by atoms with Crippen LogP contribution in [-0.4, -0.2) is 11.2 Å². The van der Waals surface area contributed by atoms with Crippen LogP contribution < -0.4 is 0 Å². The molecule has 0 amide bonds. The fourth-order valence-electron chi connectivity index (χ4n) is 2.69. The smallest absolute Gasteiger partial charge is 0.0574 e. The number of hydrogen-bond donors (Lipinski definition) is 1. The van der Waals surface area contributed by atoms with E-state index in [1.54, 1.807) is 0 Å². The average Bonchev–Trinajstić information content (AvgIpc) is 2.22. The van der Waals surface area contributed by atoms with Crippen molar-refractivity contribution in [3.05, 3.63) is 0 Å². The summed E-state index contributed by atoms with van der Waals surface area (Å²) < 4.78 is 0. The lowest BCUT2D eigenvalue weighted by atomic mass is 9.71. The average molecular weight is 126 g/mol. The Kier molecular flexibility index (Phi) is 1.10. The maximum absolute atomic E-state index is 9.34. The molecular weight excluding hydrogens is 112 g/mol. The Hall–Kier alpha value is -0.0400. The van der Waals surface area contributed by atoms with Crippen LogP contribution in [0.3, 0.4) is 0 Å². The molecule has 2 bridgehead atoms. The summed E-state index contributed by atoms with van der Waals surface area (Å²) in [5.41, 5.74) is 0. The molecule has 3 rings (SSSR count). The molecule has 0 aliphatic heterocycles. The number of fused-ring (bicyclic) bond motifs is 1. The summed E-state index contributed by atoms with van der Waals surface area (Å²) in [6.07, 6.45) is 3.77. The van der Waals surface area contributed by atoms with Crippen molar-refractivity contribution in [3.8, 4) is 0 Å². The molecule has 4 atom stereocenters. The van der Waals surface area contributed by atoms with Gasteiger partial charge in [-0.15, -0.1) is 0 Å². The summed E-state index contributed by atoms with van der Waals surface area (Å²) in [5.74, 6) is 2.48. The molecular formula is C8H14O. The molecule has 0 aromatic heterocycles. The van der Waals surface area contributed by atoms with Gasteiger partial charge in [0.05, 0.1) is 6.10 Å². The van der Waals surface area contributed by atoms with Gasteiger partial charge < -0.3 is 5.11 Å². The second kappa shape index (κ2) is 1.72. The standard InChI is InChI=1S/C8H14O/c1-2-6-5-3-7(6)8(9)4-5/h5-9H,2-4H2,1H3/t5-,6-,7-,8-/m1/s1. The Morgan fingerprint density at radius 3 is 2.44 bits per heavy atom. The minimum absolute atomic E-state index is 0.0694. The van der Waals surface area contributed by atoms with Crippen molar-refractivity contribution in [2.75, 3.05) is 0 Å². The summed E-state index contributed by atoms with van der Waals surface area (Å²) in [6.45, 7) is 2.24. The fraction of sp³-hybridized carbons (Fsp3) is 1.00. The molecule has 52 valence electrons. The molecule has 3 aliphatic rings. The molecule has 0 heterocycles. The molecule has 1 nitrogen and oxygen atoms in total. The highest BCUT2D eigenvalue weighted by atomic mass is 16.3. The lowest BCUT2D eigenvalue weighted by molar-refractivity contribution is 0.0773. The summed E-state index contributed by atoms with van der Waals surface area (Å²) in [6, 6.07) is 0. The monoisotopic (exact) mass is 126 g/mol. The third-order valence-electron chi connectivity index (χ3n) is 3.24.